The third kappa shape index (κ3) is 4.06. The number of allylic oxidation sites excluding steroid dienone is 2. The molecule has 6 nitrogen and oxygen atoms in total. The van der Waals surface area contributed by atoms with Crippen molar-refractivity contribution in [2.75, 3.05) is 18.1 Å². The van der Waals surface area contributed by atoms with Gasteiger partial charge in [-0.05, 0) is 49.1 Å². The molecule has 3 rings (SSSR count). The summed E-state index contributed by atoms with van der Waals surface area (Å²) in [5, 5.41) is 5.26. The lowest BCUT2D eigenvalue weighted by Crippen LogP contribution is -2.09. The van der Waals surface area contributed by atoms with Crippen LogP contribution in [0.5, 0.6) is 0 Å². The van der Waals surface area contributed by atoms with E-state index in [9.17, 15) is 4.79 Å². The van der Waals surface area contributed by atoms with E-state index in [0.29, 0.717) is 23.7 Å². The number of aliphatic imine (C=N–C) groups is 1. The molecule has 2 aromatic rings. The smallest absolute Gasteiger partial charge is 0.199 e. The first-order chi connectivity index (χ1) is 13.5. The quantitative estimate of drug-likeness (QED) is 0.703. The van der Waals surface area contributed by atoms with Crippen molar-refractivity contribution in [1.29, 1.82) is 0 Å². The lowest BCUT2D eigenvalue weighted by Gasteiger charge is -2.11. The fraction of sp³-hybridized carbons (Fsp3) is 0.318. The summed E-state index contributed by atoms with van der Waals surface area (Å²) in [5.41, 5.74) is 8.40. The van der Waals surface area contributed by atoms with Gasteiger partial charge in [-0.15, -0.1) is 0 Å². The molecule has 28 heavy (non-hydrogen) atoms. The number of nitrogen functional groups attached to an aromatic ring is 1. The second-order valence-electron chi connectivity index (χ2n) is 6.78. The molecule has 0 fully saturated rings. The summed E-state index contributed by atoms with van der Waals surface area (Å²) in [6.45, 7) is 4.00. The Labute approximate surface area is 165 Å². The van der Waals surface area contributed by atoms with E-state index in [1.165, 1.54) is 0 Å². The molecule has 0 saturated heterocycles. The fourth-order valence-corrected chi connectivity index (χ4v) is 3.22. The van der Waals surface area contributed by atoms with Crippen LogP contribution >= 0.6 is 0 Å². The number of nitrogens with two attached hydrogens (primary N) is 1. The number of rotatable bonds is 7. The molecule has 0 saturated carbocycles. The van der Waals surface area contributed by atoms with Gasteiger partial charge >= 0.3 is 0 Å². The molecule has 0 radical (unpaired) electrons. The minimum atomic E-state index is -0.221. The second kappa shape index (κ2) is 8.69. The van der Waals surface area contributed by atoms with Crippen LogP contribution < -0.4 is 11.1 Å². The van der Waals surface area contributed by atoms with Crippen molar-refractivity contribution in [3.05, 3.63) is 53.6 Å². The van der Waals surface area contributed by atoms with Crippen molar-refractivity contribution in [3.63, 3.8) is 0 Å². The zero-order valence-corrected chi connectivity index (χ0v) is 16.5. The van der Waals surface area contributed by atoms with Gasteiger partial charge in [0.25, 0.3) is 0 Å². The first-order valence-corrected chi connectivity index (χ1v) is 9.53. The Morgan fingerprint density at radius 2 is 2.21 bits per heavy atom. The predicted molar refractivity (Wildman–Crippen MR) is 114 cm³/mol. The number of nitrogens with one attached hydrogen (secondary N) is 1. The zero-order valence-electron chi connectivity index (χ0n) is 16.5. The summed E-state index contributed by atoms with van der Waals surface area (Å²) < 4.78 is 5.93. The van der Waals surface area contributed by atoms with Gasteiger partial charge in [0.2, 0.25) is 0 Å². The minimum absolute atomic E-state index is 0.0160. The summed E-state index contributed by atoms with van der Waals surface area (Å²) in [6.07, 6.45) is 7.33. The molecule has 1 unspecified atom stereocenters. The number of ketones is 1. The lowest BCUT2D eigenvalue weighted by atomic mass is 10.1. The van der Waals surface area contributed by atoms with Crippen LogP contribution in [-0.2, 0) is 9.53 Å². The molecule has 1 aliphatic rings. The highest BCUT2D eigenvalue weighted by molar-refractivity contribution is 5.97. The number of hydrogen-bond acceptors (Lipinski definition) is 6. The summed E-state index contributed by atoms with van der Waals surface area (Å²) in [5.74, 6) is 0.907. The van der Waals surface area contributed by atoms with Crippen molar-refractivity contribution in [3.8, 4) is 0 Å². The van der Waals surface area contributed by atoms with Gasteiger partial charge in [0.1, 0.15) is 11.9 Å². The van der Waals surface area contributed by atoms with Crippen LogP contribution in [-0.4, -0.2) is 30.1 Å². The molecule has 1 aromatic carbocycles. The van der Waals surface area contributed by atoms with Gasteiger partial charge in [0, 0.05) is 42.5 Å². The van der Waals surface area contributed by atoms with Crippen LogP contribution in [0.4, 0.5) is 11.5 Å². The zero-order chi connectivity index (χ0) is 20.1. The van der Waals surface area contributed by atoms with Crippen molar-refractivity contribution < 1.29 is 9.53 Å². The number of carbonyl (C=O) groups is 1. The van der Waals surface area contributed by atoms with E-state index in [4.69, 9.17) is 10.5 Å². The molecule has 2 heterocycles. The van der Waals surface area contributed by atoms with Crippen molar-refractivity contribution >= 4 is 34.3 Å². The molecule has 0 aliphatic carbocycles. The number of pyridine rings is 1. The number of Topliss-reactive ketones (excluding diaryl/α,β-unsaturated/α-hetero) is 1. The molecule has 3 N–H and O–H groups in total. The maximum Gasteiger partial charge on any atom is 0.199 e. The lowest BCUT2D eigenvalue weighted by molar-refractivity contribution is -0.119. The van der Waals surface area contributed by atoms with Crippen molar-refractivity contribution in [2.24, 2.45) is 4.99 Å². The standard InChI is InChI=1S/C22H26N4O2/c1-4-5-6-19(27)21-20(17(10-11-24-3)14(2)28-21)26-16-7-8-18-15(13-16)9-12-25-22(18)23/h7-14,26H,4-6H2,1-3H3,(H2,23,25)/b17-10+,24-11?. The second-order valence-corrected chi connectivity index (χ2v) is 6.78. The number of benzene rings is 1. The average molecular weight is 378 g/mol. The summed E-state index contributed by atoms with van der Waals surface area (Å²) in [6, 6.07) is 7.75. The van der Waals surface area contributed by atoms with E-state index in [-0.39, 0.29) is 11.9 Å². The Morgan fingerprint density at radius 3 is 2.96 bits per heavy atom. The summed E-state index contributed by atoms with van der Waals surface area (Å²) in [7, 11) is 1.71. The topological polar surface area (TPSA) is 89.6 Å². The van der Waals surface area contributed by atoms with E-state index in [0.717, 1.165) is 34.9 Å². The first kappa shape index (κ1) is 19.6. The first-order valence-electron chi connectivity index (χ1n) is 9.53. The molecule has 0 amide bonds. The Kier molecular flexibility index (Phi) is 6.09. The largest absolute Gasteiger partial charge is 0.480 e. The molecule has 146 valence electrons. The number of nitrogens with zero attached hydrogens (tertiary/aromatic N) is 2. The van der Waals surface area contributed by atoms with E-state index >= 15 is 0 Å². The van der Waals surface area contributed by atoms with Gasteiger partial charge in [0.05, 0.1) is 5.70 Å². The highest BCUT2D eigenvalue weighted by Crippen LogP contribution is 2.33. The van der Waals surface area contributed by atoms with Crippen LogP contribution in [0.25, 0.3) is 10.8 Å². The van der Waals surface area contributed by atoms with E-state index in [1.807, 2.05) is 37.3 Å². The summed E-state index contributed by atoms with van der Waals surface area (Å²) >= 11 is 0. The number of aromatic nitrogens is 1. The fourth-order valence-electron chi connectivity index (χ4n) is 3.22. The van der Waals surface area contributed by atoms with Gasteiger partial charge in [-0.25, -0.2) is 4.98 Å². The Balaban J connectivity index is 2.00. The van der Waals surface area contributed by atoms with Gasteiger partial charge in [-0.1, -0.05) is 13.3 Å². The number of unbranched alkanes of at least 4 members (excludes halogenated alkanes) is 1. The Bertz CT molecular complexity index is 976. The Morgan fingerprint density at radius 1 is 1.39 bits per heavy atom. The molecule has 1 atom stereocenters. The normalized spacial score (nSPS) is 18.2. The SMILES string of the molecule is CCCCC(=O)C1=C(Nc2ccc3c(N)nccc3c2)/C(=C/C=NC)C(C)O1. The number of ether oxygens (including phenoxy) is 1. The number of fused-ring (bicyclic) bond motifs is 1. The van der Waals surface area contributed by atoms with Crippen molar-refractivity contribution in [1.82, 2.24) is 4.98 Å². The van der Waals surface area contributed by atoms with Crippen LogP contribution in [0.15, 0.2) is 58.6 Å². The van der Waals surface area contributed by atoms with Crippen LogP contribution in [0.2, 0.25) is 0 Å². The number of carbonyl (C=O) groups excluding carboxylic acids is 1. The van der Waals surface area contributed by atoms with Crippen LogP contribution in [0.3, 0.4) is 0 Å². The van der Waals surface area contributed by atoms with E-state index in [1.54, 1.807) is 19.5 Å². The van der Waals surface area contributed by atoms with Gasteiger partial charge in [-0.3, -0.25) is 9.79 Å². The monoisotopic (exact) mass is 378 g/mol. The highest BCUT2D eigenvalue weighted by Gasteiger charge is 2.32. The third-order valence-corrected chi connectivity index (χ3v) is 4.73. The Hall–Kier alpha value is -3.15. The minimum Gasteiger partial charge on any atom is -0.480 e. The van der Waals surface area contributed by atoms with Gasteiger partial charge < -0.3 is 15.8 Å². The molecule has 6 heteroatoms. The van der Waals surface area contributed by atoms with E-state index < -0.39 is 0 Å². The molecular weight excluding hydrogens is 352 g/mol. The average Bonchev–Trinajstić information content (AvgIpc) is 3.00. The number of anilines is 2. The van der Waals surface area contributed by atoms with Gasteiger partial charge in [-0.2, -0.15) is 0 Å². The summed E-state index contributed by atoms with van der Waals surface area (Å²) in [4.78, 5) is 20.9. The van der Waals surface area contributed by atoms with Crippen LogP contribution in [0.1, 0.15) is 33.1 Å². The molecule has 1 aliphatic heterocycles. The maximum absolute atomic E-state index is 12.7. The maximum atomic E-state index is 12.7. The highest BCUT2D eigenvalue weighted by atomic mass is 16.5. The molecule has 1 aromatic heterocycles. The molecule has 0 bridgehead atoms. The molecule has 0 spiro atoms. The van der Waals surface area contributed by atoms with Crippen LogP contribution in [0, 0.1) is 0 Å². The van der Waals surface area contributed by atoms with Crippen molar-refractivity contribution in [2.45, 2.75) is 39.2 Å². The number of hydrogen-bond donors (Lipinski definition) is 2. The van der Waals surface area contributed by atoms with Gasteiger partial charge in [0.15, 0.2) is 11.5 Å². The van der Waals surface area contributed by atoms with E-state index in [2.05, 4.69) is 22.2 Å². The predicted octanol–water partition coefficient (Wildman–Crippen LogP) is 4.25. The molecular formula is C22H26N4O2. The third-order valence-electron chi connectivity index (χ3n) is 4.73.